The fourth-order valence-electron chi connectivity index (χ4n) is 4.22. The Morgan fingerprint density at radius 1 is 1.15 bits per heavy atom. The topological polar surface area (TPSA) is 55.9 Å². The molecule has 4 rings (SSSR count). The van der Waals surface area contributed by atoms with Gasteiger partial charge in [-0.1, -0.05) is 0 Å². The molecule has 0 bridgehead atoms. The zero-order chi connectivity index (χ0) is 17.8. The monoisotopic (exact) mass is 357 g/mol. The van der Waals surface area contributed by atoms with Crippen molar-refractivity contribution in [2.24, 2.45) is 0 Å². The summed E-state index contributed by atoms with van der Waals surface area (Å²) in [5.41, 5.74) is 2.25. The molecule has 0 radical (unpaired) electrons. The quantitative estimate of drug-likeness (QED) is 0.744. The van der Waals surface area contributed by atoms with E-state index in [1.807, 2.05) is 18.2 Å². The van der Waals surface area contributed by atoms with Crippen LogP contribution in [0.4, 0.5) is 0 Å². The highest BCUT2D eigenvalue weighted by Crippen LogP contribution is 2.33. The average molecular weight is 357 g/mol. The molecule has 1 aliphatic heterocycles. The van der Waals surface area contributed by atoms with Gasteiger partial charge in [0.1, 0.15) is 17.1 Å². The Labute approximate surface area is 154 Å². The van der Waals surface area contributed by atoms with E-state index in [1.165, 1.54) is 44.3 Å². The van der Waals surface area contributed by atoms with Gasteiger partial charge >= 0.3 is 0 Å². The smallest absolute Gasteiger partial charge is 0.257 e. The number of ether oxygens (including phenoxy) is 1. The number of rotatable bonds is 7. The van der Waals surface area contributed by atoms with Crippen LogP contribution in [0.25, 0.3) is 11.0 Å². The van der Waals surface area contributed by atoms with Gasteiger partial charge in [0.25, 0.3) is 5.91 Å². The van der Waals surface area contributed by atoms with Crippen molar-refractivity contribution in [2.75, 3.05) is 32.8 Å². The maximum Gasteiger partial charge on any atom is 0.257 e. The van der Waals surface area contributed by atoms with Gasteiger partial charge in [-0.3, -0.25) is 4.79 Å². The number of likely N-dealkylation sites (tertiary alicyclic amines) is 1. The zero-order valence-corrected chi connectivity index (χ0v) is 15.4. The minimum atomic E-state index is -0.0456. The van der Waals surface area contributed by atoms with Gasteiger partial charge in [-0.15, -0.1) is 0 Å². The predicted octanol–water partition coefficient (Wildman–Crippen LogP) is 1.88. The molecule has 2 N–H and O–H groups in total. The normalized spacial score (nSPS) is 17.4. The van der Waals surface area contributed by atoms with Crippen LogP contribution in [0.15, 0.2) is 22.6 Å². The van der Waals surface area contributed by atoms with Crippen molar-refractivity contribution in [3.63, 3.8) is 0 Å². The molecule has 0 atom stereocenters. The van der Waals surface area contributed by atoms with Crippen LogP contribution in [0.1, 0.15) is 43.4 Å². The Morgan fingerprint density at radius 3 is 2.88 bits per heavy atom. The number of hydrogen-bond donors (Lipinski definition) is 2. The molecular formula is C21H29N2O3+. The molecule has 1 aromatic heterocycles. The number of amides is 1. The summed E-state index contributed by atoms with van der Waals surface area (Å²) >= 11 is 0. The largest absolute Gasteiger partial charge is 0.484 e. The SMILES string of the molecule is O=C(COc1ccc2oc3c(c2c1)CCCC3)NCCC[NH+]1CCCC1. The van der Waals surface area contributed by atoms with Crippen molar-refractivity contribution >= 4 is 16.9 Å². The van der Waals surface area contributed by atoms with E-state index in [9.17, 15) is 4.79 Å². The minimum Gasteiger partial charge on any atom is -0.484 e. The number of benzene rings is 1. The van der Waals surface area contributed by atoms with Gasteiger partial charge < -0.3 is 19.4 Å². The summed E-state index contributed by atoms with van der Waals surface area (Å²) < 4.78 is 11.6. The lowest BCUT2D eigenvalue weighted by Crippen LogP contribution is -3.10. The summed E-state index contributed by atoms with van der Waals surface area (Å²) in [7, 11) is 0. The Balaban J connectivity index is 1.25. The first-order chi connectivity index (χ1) is 12.8. The van der Waals surface area contributed by atoms with E-state index in [0.717, 1.165) is 54.8 Å². The lowest BCUT2D eigenvalue weighted by molar-refractivity contribution is -0.887. The van der Waals surface area contributed by atoms with E-state index in [2.05, 4.69) is 5.32 Å². The van der Waals surface area contributed by atoms with Crippen molar-refractivity contribution in [3.05, 3.63) is 29.5 Å². The van der Waals surface area contributed by atoms with Crippen molar-refractivity contribution < 1.29 is 18.8 Å². The first-order valence-corrected chi connectivity index (χ1v) is 10.1. The summed E-state index contributed by atoms with van der Waals surface area (Å²) in [6.07, 6.45) is 8.25. The van der Waals surface area contributed by atoms with E-state index in [1.54, 1.807) is 4.90 Å². The van der Waals surface area contributed by atoms with E-state index >= 15 is 0 Å². The molecule has 0 spiro atoms. The van der Waals surface area contributed by atoms with Gasteiger partial charge in [0.2, 0.25) is 0 Å². The van der Waals surface area contributed by atoms with Crippen molar-refractivity contribution in [1.82, 2.24) is 5.32 Å². The van der Waals surface area contributed by atoms with Crippen LogP contribution in [0.3, 0.4) is 0 Å². The fraction of sp³-hybridized carbons (Fsp3) is 0.571. The van der Waals surface area contributed by atoms with Gasteiger partial charge in [-0.2, -0.15) is 0 Å². The maximum atomic E-state index is 12.0. The van der Waals surface area contributed by atoms with E-state index in [4.69, 9.17) is 9.15 Å². The average Bonchev–Trinajstić information content (AvgIpc) is 3.31. The molecule has 140 valence electrons. The van der Waals surface area contributed by atoms with Crippen LogP contribution in [-0.2, 0) is 17.6 Å². The fourth-order valence-corrected chi connectivity index (χ4v) is 4.22. The molecule has 2 aliphatic rings. The number of quaternary nitrogens is 1. The molecule has 1 aromatic carbocycles. The number of carbonyl (C=O) groups excluding carboxylic acids is 1. The van der Waals surface area contributed by atoms with Crippen molar-refractivity contribution in [2.45, 2.75) is 44.9 Å². The molecule has 2 heterocycles. The van der Waals surface area contributed by atoms with E-state index in [0.29, 0.717) is 0 Å². The Morgan fingerprint density at radius 2 is 2.00 bits per heavy atom. The number of furan rings is 1. The van der Waals surface area contributed by atoms with Crippen LogP contribution in [0, 0.1) is 0 Å². The minimum absolute atomic E-state index is 0.0456. The molecule has 1 fully saturated rings. The molecule has 0 unspecified atom stereocenters. The summed E-state index contributed by atoms with van der Waals surface area (Å²) in [5.74, 6) is 1.82. The lowest BCUT2D eigenvalue weighted by Gasteiger charge is -2.12. The Bertz CT molecular complexity index is 762. The maximum absolute atomic E-state index is 12.0. The Hall–Kier alpha value is -2.01. The van der Waals surface area contributed by atoms with Crippen LogP contribution in [0.2, 0.25) is 0 Å². The Kier molecular flexibility index (Phi) is 5.44. The lowest BCUT2D eigenvalue weighted by atomic mass is 9.96. The van der Waals surface area contributed by atoms with Crippen molar-refractivity contribution in [3.8, 4) is 5.75 Å². The van der Waals surface area contributed by atoms with Gasteiger partial charge in [-0.25, -0.2) is 0 Å². The van der Waals surface area contributed by atoms with Gasteiger partial charge in [0, 0.05) is 43.2 Å². The highest BCUT2D eigenvalue weighted by Gasteiger charge is 2.18. The molecule has 5 heteroatoms. The molecule has 5 nitrogen and oxygen atoms in total. The molecule has 0 saturated carbocycles. The van der Waals surface area contributed by atoms with E-state index < -0.39 is 0 Å². The summed E-state index contributed by atoms with van der Waals surface area (Å²) in [6, 6.07) is 5.87. The first kappa shape index (κ1) is 17.4. The third-order valence-corrected chi connectivity index (χ3v) is 5.64. The second kappa shape index (κ2) is 8.12. The highest BCUT2D eigenvalue weighted by atomic mass is 16.5. The third kappa shape index (κ3) is 4.04. The van der Waals surface area contributed by atoms with Gasteiger partial charge in [0.05, 0.1) is 19.6 Å². The number of fused-ring (bicyclic) bond motifs is 3. The van der Waals surface area contributed by atoms with Gasteiger partial charge in [0.15, 0.2) is 6.61 Å². The number of nitrogens with one attached hydrogen (secondary N) is 2. The summed E-state index contributed by atoms with van der Waals surface area (Å²) in [4.78, 5) is 13.7. The molecular weight excluding hydrogens is 328 g/mol. The number of hydrogen-bond acceptors (Lipinski definition) is 3. The second-order valence-corrected chi connectivity index (χ2v) is 7.57. The van der Waals surface area contributed by atoms with Crippen molar-refractivity contribution in [1.29, 1.82) is 0 Å². The standard InChI is InChI=1S/C21H28N2O3/c24-21(22-10-5-13-23-11-3-4-12-23)15-25-16-8-9-20-18(14-16)17-6-1-2-7-19(17)26-20/h8-9,14H,1-7,10-13,15H2,(H,22,24)/p+1. The molecule has 1 aliphatic carbocycles. The second-order valence-electron chi connectivity index (χ2n) is 7.57. The van der Waals surface area contributed by atoms with Crippen LogP contribution >= 0.6 is 0 Å². The van der Waals surface area contributed by atoms with E-state index in [-0.39, 0.29) is 12.5 Å². The van der Waals surface area contributed by atoms with Crippen LogP contribution in [-0.4, -0.2) is 38.7 Å². The molecule has 1 amide bonds. The zero-order valence-electron chi connectivity index (χ0n) is 15.4. The van der Waals surface area contributed by atoms with Gasteiger partial charge in [-0.05, 0) is 37.5 Å². The third-order valence-electron chi connectivity index (χ3n) is 5.64. The van der Waals surface area contributed by atoms with Crippen LogP contribution < -0.4 is 15.0 Å². The molecule has 2 aromatic rings. The first-order valence-electron chi connectivity index (χ1n) is 10.1. The summed E-state index contributed by atoms with van der Waals surface area (Å²) in [6.45, 7) is 4.54. The number of carbonyl (C=O) groups is 1. The molecule has 1 saturated heterocycles. The summed E-state index contributed by atoms with van der Waals surface area (Å²) in [5, 5.41) is 4.11. The number of aryl methyl sites for hydroxylation is 2. The predicted molar refractivity (Wildman–Crippen MR) is 101 cm³/mol. The van der Waals surface area contributed by atoms with Crippen LogP contribution in [0.5, 0.6) is 5.75 Å². The highest BCUT2D eigenvalue weighted by molar-refractivity contribution is 5.84. The molecule has 26 heavy (non-hydrogen) atoms.